The van der Waals surface area contributed by atoms with Crippen LogP contribution in [-0.4, -0.2) is 36.6 Å². The fourth-order valence-corrected chi connectivity index (χ4v) is 1.96. The van der Waals surface area contributed by atoms with Crippen molar-refractivity contribution in [2.75, 3.05) is 19.6 Å². The maximum Gasteiger partial charge on any atom is 0.0242 e. The molecule has 0 spiro atoms. The van der Waals surface area contributed by atoms with Crippen molar-refractivity contribution in [3.63, 3.8) is 0 Å². The first kappa shape index (κ1) is 10.6. The van der Waals surface area contributed by atoms with E-state index in [0.29, 0.717) is 12.1 Å². The molecule has 1 aliphatic heterocycles. The quantitative estimate of drug-likeness (QED) is 0.654. The fraction of sp³-hybridized carbons (Fsp3) is 0.818. The number of nitrogens with zero attached hydrogens (tertiary/aromatic N) is 1. The number of hydrogen-bond donors (Lipinski definition) is 1. The van der Waals surface area contributed by atoms with Crippen molar-refractivity contribution in [3.05, 3.63) is 0 Å². The lowest BCUT2D eigenvalue weighted by Gasteiger charge is -2.36. The Bertz CT molecular complexity index is 183. The molecule has 0 radical (unpaired) electrons. The van der Waals surface area contributed by atoms with Crippen molar-refractivity contribution in [3.8, 4) is 12.3 Å². The molecule has 0 saturated carbocycles. The van der Waals surface area contributed by atoms with Gasteiger partial charge in [0.05, 0.1) is 0 Å². The van der Waals surface area contributed by atoms with Crippen molar-refractivity contribution < 1.29 is 0 Å². The van der Waals surface area contributed by atoms with Crippen LogP contribution in [0.25, 0.3) is 0 Å². The molecular formula is C11H20N2. The second kappa shape index (κ2) is 5.26. The standard InChI is InChI=1S/C11H20N2/c1-4-6-11(5-2)13-8-7-12-10(3)9-13/h1,10-12H,5-9H2,2-3H3. The first-order chi connectivity index (χ1) is 6.27. The van der Waals surface area contributed by atoms with Gasteiger partial charge in [0.25, 0.3) is 0 Å². The highest BCUT2D eigenvalue weighted by Crippen LogP contribution is 2.10. The Morgan fingerprint density at radius 3 is 3.00 bits per heavy atom. The van der Waals surface area contributed by atoms with Crippen LogP contribution in [-0.2, 0) is 0 Å². The second-order valence-electron chi connectivity index (χ2n) is 3.82. The normalized spacial score (nSPS) is 26.7. The molecule has 13 heavy (non-hydrogen) atoms. The summed E-state index contributed by atoms with van der Waals surface area (Å²) >= 11 is 0. The molecule has 1 N–H and O–H groups in total. The Hall–Kier alpha value is -0.520. The summed E-state index contributed by atoms with van der Waals surface area (Å²) < 4.78 is 0. The average molecular weight is 180 g/mol. The van der Waals surface area contributed by atoms with Gasteiger partial charge in [0.15, 0.2) is 0 Å². The third kappa shape index (κ3) is 3.02. The highest BCUT2D eigenvalue weighted by atomic mass is 15.2. The summed E-state index contributed by atoms with van der Waals surface area (Å²) in [6.07, 6.45) is 7.41. The first-order valence-electron chi connectivity index (χ1n) is 5.18. The van der Waals surface area contributed by atoms with Gasteiger partial charge in [-0.05, 0) is 13.3 Å². The molecular weight excluding hydrogens is 160 g/mol. The Morgan fingerprint density at radius 2 is 2.46 bits per heavy atom. The van der Waals surface area contributed by atoms with E-state index in [2.05, 4.69) is 30.0 Å². The summed E-state index contributed by atoms with van der Waals surface area (Å²) in [6, 6.07) is 1.20. The molecule has 2 atom stereocenters. The number of piperazine rings is 1. The minimum Gasteiger partial charge on any atom is -0.312 e. The van der Waals surface area contributed by atoms with Crippen LogP contribution in [0.1, 0.15) is 26.7 Å². The number of nitrogens with one attached hydrogen (secondary N) is 1. The summed E-state index contributed by atoms with van der Waals surface area (Å²) in [4.78, 5) is 2.51. The highest BCUT2D eigenvalue weighted by molar-refractivity contribution is 4.92. The Morgan fingerprint density at radius 1 is 1.69 bits per heavy atom. The summed E-state index contributed by atoms with van der Waals surface area (Å²) in [6.45, 7) is 7.83. The molecule has 1 rings (SSSR count). The van der Waals surface area contributed by atoms with E-state index in [-0.39, 0.29) is 0 Å². The van der Waals surface area contributed by atoms with Crippen LogP contribution in [0.2, 0.25) is 0 Å². The van der Waals surface area contributed by atoms with Gasteiger partial charge in [-0.25, -0.2) is 0 Å². The molecule has 0 aliphatic carbocycles. The van der Waals surface area contributed by atoms with E-state index in [1.807, 2.05) is 0 Å². The minimum absolute atomic E-state index is 0.592. The molecule has 1 aliphatic rings. The zero-order valence-corrected chi connectivity index (χ0v) is 8.71. The third-order valence-corrected chi connectivity index (χ3v) is 2.74. The van der Waals surface area contributed by atoms with Crippen molar-refractivity contribution in [2.24, 2.45) is 0 Å². The summed E-state index contributed by atoms with van der Waals surface area (Å²) in [5, 5.41) is 3.44. The molecule has 0 amide bonds. The van der Waals surface area contributed by atoms with E-state index in [1.54, 1.807) is 0 Å². The van der Waals surface area contributed by atoms with E-state index in [1.165, 1.54) is 0 Å². The molecule has 2 heteroatoms. The van der Waals surface area contributed by atoms with Gasteiger partial charge in [0.1, 0.15) is 0 Å². The molecule has 0 aromatic rings. The summed E-state index contributed by atoms with van der Waals surface area (Å²) in [5.74, 6) is 2.77. The lowest BCUT2D eigenvalue weighted by Crippen LogP contribution is -2.52. The van der Waals surface area contributed by atoms with E-state index in [4.69, 9.17) is 6.42 Å². The van der Waals surface area contributed by atoms with Crippen molar-refractivity contribution in [1.29, 1.82) is 0 Å². The largest absolute Gasteiger partial charge is 0.312 e. The van der Waals surface area contributed by atoms with Gasteiger partial charge in [-0.1, -0.05) is 6.92 Å². The zero-order chi connectivity index (χ0) is 9.68. The molecule has 1 fully saturated rings. The summed E-state index contributed by atoms with van der Waals surface area (Å²) in [7, 11) is 0. The first-order valence-corrected chi connectivity index (χ1v) is 5.18. The molecule has 1 saturated heterocycles. The molecule has 0 aromatic heterocycles. The maximum absolute atomic E-state index is 5.35. The van der Waals surface area contributed by atoms with Crippen LogP contribution in [0.5, 0.6) is 0 Å². The van der Waals surface area contributed by atoms with Gasteiger partial charge < -0.3 is 5.32 Å². The zero-order valence-electron chi connectivity index (χ0n) is 8.71. The van der Waals surface area contributed by atoms with Gasteiger partial charge in [0, 0.05) is 38.1 Å². The monoisotopic (exact) mass is 180 g/mol. The lowest BCUT2D eigenvalue weighted by molar-refractivity contribution is 0.147. The lowest BCUT2D eigenvalue weighted by atomic mass is 10.1. The topological polar surface area (TPSA) is 15.3 Å². The van der Waals surface area contributed by atoms with Crippen LogP contribution < -0.4 is 5.32 Å². The van der Waals surface area contributed by atoms with Crippen molar-refractivity contribution in [2.45, 2.75) is 38.8 Å². The van der Waals surface area contributed by atoms with E-state index >= 15 is 0 Å². The summed E-state index contributed by atoms with van der Waals surface area (Å²) in [5.41, 5.74) is 0. The highest BCUT2D eigenvalue weighted by Gasteiger charge is 2.21. The second-order valence-corrected chi connectivity index (χ2v) is 3.82. The van der Waals surface area contributed by atoms with Crippen LogP contribution in [0, 0.1) is 12.3 Å². The van der Waals surface area contributed by atoms with Gasteiger partial charge in [-0.2, -0.15) is 0 Å². The van der Waals surface area contributed by atoms with E-state index in [9.17, 15) is 0 Å². The SMILES string of the molecule is C#CCC(CC)N1CCNC(C)C1. The third-order valence-electron chi connectivity index (χ3n) is 2.74. The number of hydrogen-bond acceptors (Lipinski definition) is 2. The average Bonchev–Trinajstić information content (AvgIpc) is 2.14. The van der Waals surface area contributed by atoms with Gasteiger partial charge >= 0.3 is 0 Å². The van der Waals surface area contributed by atoms with Crippen LogP contribution in [0.3, 0.4) is 0 Å². The Kier molecular flexibility index (Phi) is 4.27. The van der Waals surface area contributed by atoms with Crippen molar-refractivity contribution in [1.82, 2.24) is 10.2 Å². The fourth-order valence-electron chi connectivity index (χ4n) is 1.96. The maximum atomic E-state index is 5.35. The predicted molar refractivity (Wildman–Crippen MR) is 56.6 cm³/mol. The van der Waals surface area contributed by atoms with Crippen LogP contribution in [0.4, 0.5) is 0 Å². The molecule has 74 valence electrons. The predicted octanol–water partition coefficient (Wildman–Crippen LogP) is 1.08. The minimum atomic E-state index is 0.592. The smallest absolute Gasteiger partial charge is 0.0242 e. The number of terminal acetylenes is 1. The molecule has 2 nitrogen and oxygen atoms in total. The molecule has 0 bridgehead atoms. The molecule has 1 heterocycles. The van der Waals surface area contributed by atoms with Gasteiger partial charge in [0.2, 0.25) is 0 Å². The Balaban J connectivity index is 2.43. The molecule has 0 aromatic carbocycles. The van der Waals surface area contributed by atoms with Gasteiger partial charge in [-0.3, -0.25) is 4.90 Å². The Labute approximate surface area is 81.7 Å². The van der Waals surface area contributed by atoms with E-state index in [0.717, 1.165) is 32.5 Å². The molecule has 2 unspecified atom stereocenters. The van der Waals surface area contributed by atoms with Crippen LogP contribution in [0.15, 0.2) is 0 Å². The van der Waals surface area contributed by atoms with Gasteiger partial charge in [-0.15, -0.1) is 12.3 Å². The van der Waals surface area contributed by atoms with Crippen molar-refractivity contribution >= 4 is 0 Å². The van der Waals surface area contributed by atoms with E-state index < -0.39 is 0 Å². The van der Waals surface area contributed by atoms with Crippen LogP contribution >= 0.6 is 0 Å². The number of rotatable bonds is 3.